The fraction of sp³-hybridized carbons (Fsp3) is 0.375. The summed E-state index contributed by atoms with van der Waals surface area (Å²) in [4.78, 5) is 23.5. The number of methoxy groups -OCH3 is 1. The van der Waals surface area contributed by atoms with Crippen LogP contribution in [0.4, 0.5) is 4.79 Å². The van der Waals surface area contributed by atoms with Crippen molar-refractivity contribution >= 4 is 12.1 Å². The second kappa shape index (κ2) is 6.92. The summed E-state index contributed by atoms with van der Waals surface area (Å²) in [7, 11) is 1.34. The SMILES string of the molecule is C=C1C[C@H](NC(=O)OCc2ccccc2)[C@H](C(=O)OC)C1. The van der Waals surface area contributed by atoms with Gasteiger partial charge in [0, 0.05) is 6.04 Å². The maximum absolute atomic E-state index is 11.8. The van der Waals surface area contributed by atoms with Crippen LogP contribution >= 0.6 is 0 Å². The Kier molecular flexibility index (Phi) is 4.98. The van der Waals surface area contributed by atoms with Crippen molar-refractivity contribution in [2.75, 3.05) is 7.11 Å². The first kappa shape index (κ1) is 15.1. The van der Waals surface area contributed by atoms with Gasteiger partial charge < -0.3 is 14.8 Å². The van der Waals surface area contributed by atoms with Gasteiger partial charge in [0.25, 0.3) is 0 Å². The molecule has 0 radical (unpaired) electrons. The highest BCUT2D eigenvalue weighted by Gasteiger charge is 2.37. The third-order valence-corrected chi connectivity index (χ3v) is 3.52. The summed E-state index contributed by atoms with van der Waals surface area (Å²) in [6.45, 7) is 4.07. The van der Waals surface area contributed by atoms with Crippen LogP contribution in [0.2, 0.25) is 0 Å². The first-order valence-electron chi connectivity index (χ1n) is 6.82. The molecule has 0 aromatic heterocycles. The van der Waals surface area contributed by atoms with Gasteiger partial charge in [-0.2, -0.15) is 0 Å². The summed E-state index contributed by atoms with van der Waals surface area (Å²) in [6, 6.07) is 9.10. The molecule has 0 bridgehead atoms. The van der Waals surface area contributed by atoms with Gasteiger partial charge >= 0.3 is 12.1 Å². The standard InChI is InChI=1S/C16H19NO4/c1-11-8-13(15(18)20-2)14(9-11)17-16(19)21-10-12-6-4-3-5-7-12/h3-7,13-14H,1,8-10H2,2H3,(H,17,19)/t13-,14+/m1/s1. The summed E-state index contributed by atoms with van der Waals surface area (Å²) in [5, 5.41) is 2.72. The maximum atomic E-state index is 11.8. The molecule has 0 aliphatic heterocycles. The van der Waals surface area contributed by atoms with E-state index in [-0.39, 0.29) is 24.5 Å². The van der Waals surface area contributed by atoms with Crippen LogP contribution in [0.25, 0.3) is 0 Å². The molecule has 1 saturated carbocycles. The van der Waals surface area contributed by atoms with Gasteiger partial charge in [-0.05, 0) is 18.4 Å². The van der Waals surface area contributed by atoms with Gasteiger partial charge in [-0.3, -0.25) is 4.79 Å². The van der Waals surface area contributed by atoms with E-state index in [2.05, 4.69) is 11.9 Å². The van der Waals surface area contributed by atoms with Crippen LogP contribution in [0.15, 0.2) is 42.5 Å². The minimum absolute atomic E-state index is 0.198. The van der Waals surface area contributed by atoms with E-state index in [1.165, 1.54) is 7.11 Å². The molecule has 0 spiro atoms. The van der Waals surface area contributed by atoms with Crippen LogP contribution in [0.1, 0.15) is 18.4 Å². The van der Waals surface area contributed by atoms with Crippen molar-refractivity contribution in [2.24, 2.45) is 5.92 Å². The van der Waals surface area contributed by atoms with Crippen molar-refractivity contribution in [3.63, 3.8) is 0 Å². The fourth-order valence-corrected chi connectivity index (χ4v) is 2.46. The lowest BCUT2D eigenvalue weighted by atomic mass is 10.0. The van der Waals surface area contributed by atoms with Crippen molar-refractivity contribution in [3.05, 3.63) is 48.0 Å². The summed E-state index contributed by atoms with van der Waals surface area (Å²) < 4.78 is 9.91. The Labute approximate surface area is 123 Å². The molecule has 1 fully saturated rings. The zero-order chi connectivity index (χ0) is 15.2. The van der Waals surface area contributed by atoms with Crippen molar-refractivity contribution in [1.82, 2.24) is 5.32 Å². The Morgan fingerprint density at radius 3 is 2.67 bits per heavy atom. The molecule has 1 amide bonds. The van der Waals surface area contributed by atoms with Crippen LogP contribution in [0.5, 0.6) is 0 Å². The van der Waals surface area contributed by atoms with Gasteiger partial charge in [-0.15, -0.1) is 0 Å². The van der Waals surface area contributed by atoms with Gasteiger partial charge in [0.15, 0.2) is 0 Å². The molecular weight excluding hydrogens is 270 g/mol. The zero-order valence-electron chi connectivity index (χ0n) is 12.0. The summed E-state index contributed by atoms with van der Waals surface area (Å²) in [6.07, 6.45) is 0.573. The summed E-state index contributed by atoms with van der Waals surface area (Å²) in [5.74, 6) is -0.714. The van der Waals surface area contributed by atoms with Gasteiger partial charge in [-0.25, -0.2) is 4.79 Å². The number of benzene rings is 1. The molecule has 0 heterocycles. The quantitative estimate of drug-likeness (QED) is 0.683. The maximum Gasteiger partial charge on any atom is 0.407 e. The molecule has 0 unspecified atom stereocenters. The average Bonchev–Trinajstić information content (AvgIpc) is 2.86. The van der Waals surface area contributed by atoms with Crippen molar-refractivity contribution in [2.45, 2.75) is 25.5 Å². The first-order valence-corrected chi connectivity index (χ1v) is 6.82. The van der Waals surface area contributed by atoms with Crippen LogP contribution in [-0.2, 0) is 20.9 Å². The molecule has 1 aliphatic carbocycles. The lowest BCUT2D eigenvalue weighted by molar-refractivity contribution is -0.145. The van der Waals surface area contributed by atoms with Crippen LogP contribution < -0.4 is 5.32 Å². The number of alkyl carbamates (subject to hydrolysis) is 1. The Morgan fingerprint density at radius 1 is 1.29 bits per heavy atom. The average molecular weight is 289 g/mol. The Balaban J connectivity index is 1.86. The summed E-state index contributed by atoms with van der Waals surface area (Å²) in [5.41, 5.74) is 1.84. The zero-order valence-corrected chi connectivity index (χ0v) is 12.0. The van der Waals surface area contributed by atoms with Gasteiger partial charge in [0.05, 0.1) is 13.0 Å². The number of carbonyl (C=O) groups excluding carboxylic acids is 2. The van der Waals surface area contributed by atoms with Crippen molar-refractivity contribution < 1.29 is 19.1 Å². The fourth-order valence-electron chi connectivity index (χ4n) is 2.46. The minimum atomic E-state index is -0.535. The number of amides is 1. The molecule has 1 aromatic carbocycles. The lowest BCUT2D eigenvalue weighted by Crippen LogP contribution is -2.40. The van der Waals surface area contributed by atoms with E-state index in [1.807, 2.05) is 30.3 Å². The van der Waals surface area contributed by atoms with E-state index in [4.69, 9.17) is 9.47 Å². The van der Waals surface area contributed by atoms with Crippen LogP contribution in [0.3, 0.4) is 0 Å². The number of nitrogens with one attached hydrogen (secondary N) is 1. The minimum Gasteiger partial charge on any atom is -0.469 e. The smallest absolute Gasteiger partial charge is 0.407 e. The Hall–Kier alpha value is -2.30. The van der Waals surface area contributed by atoms with E-state index >= 15 is 0 Å². The van der Waals surface area contributed by atoms with Crippen LogP contribution in [0, 0.1) is 5.92 Å². The topological polar surface area (TPSA) is 64.6 Å². The second-order valence-electron chi connectivity index (χ2n) is 5.10. The van der Waals surface area contributed by atoms with Gasteiger partial charge in [0.2, 0.25) is 0 Å². The highest BCUT2D eigenvalue weighted by atomic mass is 16.5. The molecule has 21 heavy (non-hydrogen) atoms. The number of hydrogen-bond donors (Lipinski definition) is 1. The molecule has 1 aliphatic rings. The molecule has 5 heteroatoms. The highest BCUT2D eigenvalue weighted by molar-refractivity contribution is 5.76. The number of hydrogen-bond acceptors (Lipinski definition) is 4. The van der Waals surface area contributed by atoms with Crippen LogP contribution in [-0.4, -0.2) is 25.2 Å². The first-order chi connectivity index (χ1) is 10.1. The number of carbonyl (C=O) groups is 2. The number of rotatable bonds is 4. The normalized spacial score (nSPS) is 20.9. The second-order valence-corrected chi connectivity index (χ2v) is 5.10. The third kappa shape index (κ3) is 4.08. The molecule has 2 rings (SSSR count). The van der Waals surface area contributed by atoms with Gasteiger partial charge in [0.1, 0.15) is 6.61 Å². The van der Waals surface area contributed by atoms with E-state index in [9.17, 15) is 9.59 Å². The van der Waals surface area contributed by atoms with Crippen molar-refractivity contribution in [1.29, 1.82) is 0 Å². The monoisotopic (exact) mass is 289 g/mol. The van der Waals surface area contributed by atoms with E-state index in [1.54, 1.807) is 0 Å². The third-order valence-electron chi connectivity index (χ3n) is 3.52. The molecule has 1 N–H and O–H groups in total. The highest BCUT2D eigenvalue weighted by Crippen LogP contribution is 2.30. The summed E-state index contributed by atoms with van der Waals surface area (Å²) >= 11 is 0. The Bertz CT molecular complexity index is 526. The lowest BCUT2D eigenvalue weighted by Gasteiger charge is -2.18. The molecule has 5 nitrogen and oxygen atoms in total. The van der Waals surface area contributed by atoms with E-state index in [0.717, 1.165) is 11.1 Å². The van der Waals surface area contributed by atoms with Gasteiger partial charge in [-0.1, -0.05) is 42.5 Å². The van der Waals surface area contributed by atoms with E-state index in [0.29, 0.717) is 12.8 Å². The largest absolute Gasteiger partial charge is 0.469 e. The van der Waals surface area contributed by atoms with E-state index < -0.39 is 6.09 Å². The number of ether oxygens (including phenoxy) is 2. The number of esters is 1. The predicted molar refractivity (Wildman–Crippen MR) is 77.4 cm³/mol. The molecule has 2 atom stereocenters. The Morgan fingerprint density at radius 2 is 2.00 bits per heavy atom. The molecule has 0 saturated heterocycles. The predicted octanol–water partition coefficient (Wildman–Crippen LogP) is 2.42. The molecular formula is C16H19NO4. The van der Waals surface area contributed by atoms with Crippen molar-refractivity contribution in [3.8, 4) is 0 Å². The molecule has 112 valence electrons. The molecule has 1 aromatic rings.